The standard InChI is InChI=1S/C28H35N7O3.C24H33BrN6O4.C21H27BrN6O3.C19H25BrN6O2.C7H10BNO2.C2H3ClO.ClH/c1-18-23(7-4-8-25(18)22-6-3-5-21(13-22)14-29)16-31-28-32-17-26(35(37)38)27(34-28)30-15-20-9-11-24(12-10-20)33-19(2)36;1-15-17(6-5-7-19(15)25)13-27-22-28-14-20(31(33)34)21(30-22)26-12-16-8-10-18(11-9-16)29-23(32)35-24(2,3)4;1-13-16(4-3-5-18(13)22)11-24-21-25-12-19(28(30)31)20(27-21)23-10-15-6-8-17(9-7-15)26-14(2)29;1-12-14(3-2-4-16(12)20)10-23-19-24-11-17(26(27)28)18(25-19)22-9-13-5-7-15(21)8-6-13;9-5-6-2-1-3-7(4-6)8(10)11;1-2(3)4;/h3-8,13,17,20,24H,9-12,14-16,29H2,1-2H3,(H,33,36)(H2,30,31,32,34);5-7,14,16,18H,8-13H2,1-4H3,(H,29,32)(H2,26,27,28,30);3-5,12,15,17H,6-11H2,1-2H3,(H,26,29)(H2,23,24,25,27);2-4,11,13,15H,5-10,21H2,1H3,(H2,22,23,24,25);1-4,10-11H,5,9H2;1H3;1H. The summed E-state index contributed by atoms with van der Waals surface area (Å²) in [6.07, 6.45) is 19.5. The minimum Gasteiger partial charge on any atom is -0.444 e. The van der Waals surface area contributed by atoms with Crippen LogP contribution in [0.15, 0.2) is 160 Å². The molecule has 148 heavy (non-hydrogen) atoms. The molecule has 4 aliphatic carbocycles. The number of nitrogens with two attached hydrogens (primary N) is 3. The lowest BCUT2D eigenvalue weighted by Crippen LogP contribution is -2.41. The number of rotatable bonds is 35. The van der Waals surface area contributed by atoms with E-state index in [1.807, 2.05) is 126 Å². The molecule has 4 aliphatic rings. The van der Waals surface area contributed by atoms with Gasteiger partial charge < -0.3 is 90.5 Å². The van der Waals surface area contributed by atoms with Gasteiger partial charge in [-0.1, -0.05) is 145 Å². The van der Waals surface area contributed by atoms with E-state index in [0.717, 1.165) is 183 Å². The summed E-state index contributed by atoms with van der Waals surface area (Å²) < 4.78 is 8.40. The second kappa shape index (κ2) is 60.8. The summed E-state index contributed by atoms with van der Waals surface area (Å²) in [6, 6.07) is 39.9. The van der Waals surface area contributed by atoms with Crippen LogP contribution in [0.25, 0.3) is 11.1 Å². The third-order valence-corrected chi connectivity index (χ3v) is 27.9. The second-order valence-electron chi connectivity index (χ2n) is 37.5. The lowest BCUT2D eigenvalue weighted by molar-refractivity contribution is -0.384. The molecule has 14 rings (SSSR count). The zero-order chi connectivity index (χ0) is 107. The van der Waals surface area contributed by atoms with E-state index in [4.69, 9.17) is 32.0 Å². The molecule has 0 bridgehead atoms. The molecule has 0 atom stereocenters. The summed E-state index contributed by atoms with van der Waals surface area (Å²) >= 11 is 15.2. The normalized spacial score (nSPS) is 17.0. The van der Waals surface area contributed by atoms with Crippen molar-refractivity contribution in [2.24, 2.45) is 40.9 Å². The van der Waals surface area contributed by atoms with Crippen LogP contribution in [0.1, 0.15) is 200 Å². The highest BCUT2D eigenvalue weighted by molar-refractivity contribution is 9.11. The number of amides is 3. The molecule has 4 heterocycles. The minimum atomic E-state index is -1.40. The van der Waals surface area contributed by atoms with Crippen LogP contribution in [0, 0.1) is 91.8 Å². The van der Waals surface area contributed by atoms with Crippen molar-refractivity contribution >= 4 is 177 Å². The molecule has 3 amide bonds. The molecule has 796 valence electrons. The molecule has 19 N–H and O–H groups in total. The third kappa shape index (κ3) is 40.5. The number of nitro groups is 4. The Bertz CT molecular complexity index is 6080. The Labute approximate surface area is 898 Å². The van der Waals surface area contributed by atoms with Crippen LogP contribution in [0.3, 0.4) is 0 Å². The Morgan fingerprint density at radius 2 is 0.709 bits per heavy atom. The number of ether oxygens (including phenoxy) is 1. The maximum absolute atomic E-state index is 12.0. The van der Waals surface area contributed by atoms with Gasteiger partial charge in [-0.15, -0.1) is 12.4 Å². The van der Waals surface area contributed by atoms with Crippen LogP contribution < -0.4 is 81.1 Å². The number of anilines is 8. The maximum Gasteiger partial charge on any atom is 0.488 e. The summed E-state index contributed by atoms with van der Waals surface area (Å²) in [6.45, 7) is 23.3. The minimum absolute atomic E-state index is 0. The van der Waals surface area contributed by atoms with Crippen LogP contribution in [0.4, 0.5) is 74.6 Å². The maximum atomic E-state index is 12.0. The highest BCUT2D eigenvalue weighted by Gasteiger charge is 2.31. The molecule has 41 nitrogen and oxygen atoms in total. The molecule has 4 aromatic heterocycles. The van der Waals surface area contributed by atoms with Gasteiger partial charge >= 0.3 is 36.0 Å². The van der Waals surface area contributed by atoms with E-state index in [1.165, 1.54) is 45.6 Å². The van der Waals surface area contributed by atoms with Crippen LogP contribution in [0.2, 0.25) is 0 Å². The van der Waals surface area contributed by atoms with Gasteiger partial charge in [-0.3, -0.25) is 54.8 Å². The van der Waals surface area contributed by atoms with Crippen molar-refractivity contribution in [3.8, 4) is 11.1 Å². The number of nitrogens with one attached hydrogen (secondary N) is 11. The smallest absolute Gasteiger partial charge is 0.444 e. The van der Waals surface area contributed by atoms with Crippen molar-refractivity contribution in [2.45, 2.75) is 241 Å². The molecule has 10 aromatic rings. The highest BCUT2D eigenvalue weighted by Crippen LogP contribution is 2.36. The van der Waals surface area contributed by atoms with E-state index in [9.17, 15) is 59.6 Å². The third-order valence-electron chi connectivity index (χ3n) is 25.4. The zero-order valence-corrected chi connectivity index (χ0v) is 91.0. The van der Waals surface area contributed by atoms with E-state index in [2.05, 4.69) is 183 Å². The summed E-state index contributed by atoms with van der Waals surface area (Å²) in [5.41, 5.74) is 29.5. The van der Waals surface area contributed by atoms with Crippen LogP contribution in [-0.2, 0) is 58.4 Å². The zero-order valence-electron chi connectivity index (χ0n) is 84.7. The number of hydrogen-bond donors (Lipinski definition) is 16. The van der Waals surface area contributed by atoms with Gasteiger partial charge in [-0.2, -0.15) is 19.9 Å². The molecule has 0 aliphatic heterocycles. The lowest BCUT2D eigenvalue weighted by Gasteiger charge is -2.30. The van der Waals surface area contributed by atoms with Crippen molar-refractivity contribution < 1.29 is 53.7 Å². The van der Waals surface area contributed by atoms with Crippen LogP contribution in [0.5, 0.6) is 0 Å². The van der Waals surface area contributed by atoms with Crippen molar-refractivity contribution in [1.29, 1.82) is 0 Å². The Kier molecular flexibility index (Phi) is 49.5. The number of carbonyl (C=O) groups is 4. The van der Waals surface area contributed by atoms with Gasteiger partial charge in [0.15, 0.2) is 0 Å². The molecule has 4 saturated carbocycles. The fourth-order valence-corrected chi connectivity index (χ4v) is 18.2. The fraction of sp³-hybridized carbons (Fsp3) is 0.446. The lowest BCUT2D eigenvalue weighted by atomic mass is 9.80. The van der Waals surface area contributed by atoms with E-state index >= 15 is 0 Å². The number of carbonyl (C=O) groups excluding carboxylic acids is 4. The van der Waals surface area contributed by atoms with Gasteiger partial charge in [-0.05, 0) is 283 Å². The number of halogens is 5. The van der Waals surface area contributed by atoms with Gasteiger partial charge in [0.1, 0.15) is 30.4 Å². The van der Waals surface area contributed by atoms with Gasteiger partial charge in [0.05, 0.1) is 19.7 Å². The molecule has 0 radical (unpaired) electrons. The fourth-order valence-electron chi connectivity index (χ4n) is 17.0. The van der Waals surface area contributed by atoms with E-state index in [-0.39, 0.29) is 99.7 Å². The molecule has 0 saturated heterocycles. The summed E-state index contributed by atoms with van der Waals surface area (Å²) in [5, 5.41) is 97.2. The number of nitrogens with zero attached hydrogens (tertiary/aromatic N) is 12. The van der Waals surface area contributed by atoms with Crippen molar-refractivity contribution in [2.75, 3.05) is 68.7 Å². The van der Waals surface area contributed by atoms with Gasteiger partial charge in [0.2, 0.25) is 64.1 Å². The molecule has 0 spiro atoms. The van der Waals surface area contributed by atoms with Crippen LogP contribution in [-0.4, -0.2) is 156 Å². The molecular weight excluding hydrogens is 2140 g/mol. The number of hydrogen-bond acceptors (Lipinski definition) is 34. The van der Waals surface area contributed by atoms with Crippen molar-refractivity contribution in [3.05, 3.63) is 256 Å². The first-order valence-electron chi connectivity index (χ1n) is 48.8. The number of benzene rings is 6. The average Bonchev–Trinajstić information content (AvgIpc) is 0.821. The summed E-state index contributed by atoms with van der Waals surface area (Å²) in [7, 11) is -1.40. The predicted octanol–water partition coefficient (Wildman–Crippen LogP) is 18.3. The Morgan fingerprint density at radius 3 is 1.01 bits per heavy atom. The first-order valence-corrected chi connectivity index (χ1v) is 51.5. The molecular formula is C101H134BBr3Cl2N26O15. The van der Waals surface area contributed by atoms with Gasteiger partial charge in [0.25, 0.3) is 0 Å². The SMILES string of the molecule is CC(=O)Cl.CC(=O)NC1CCC(CNc2nc(NCc3cccc(-c4cccc(CN)c4)c3C)ncc2[N+](=O)[O-])CC1.CC(=O)NC1CCC(CNc2nc(NCc3cccc(Br)c3C)ncc2[N+](=O)[O-])CC1.Cc1c(Br)cccc1CNc1ncc([N+](=O)[O-])c(NCC2CCC(N)CC2)n1.Cc1c(Br)cccc1CNc1ncc([N+](=O)[O-])c(NCC2CCC(NC(=O)OC(C)(C)C)CC2)n1.Cl.NCc1cccc(B(O)O)c1. The summed E-state index contributed by atoms with van der Waals surface area (Å²) in [5.74, 6) is 3.72. The summed E-state index contributed by atoms with van der Waals surface area (Å²) in [4.78, 5) is 122. The van der Waals surface area contributed by atoms with Crippen LogP contribution >= 0.6 is 71.8 Å². The van der Waals surface area contributed by atoms with E-state index < -0.39 is 38.5 Å². The van der Waals surface area contributed by atoms with E-state index in [1.54, 1.807) is 18.2 Å². The Morgan fingerprint density at radius 1 is 0.426 bits per heavy atom. The average molecular weight is 2270 g/mol. The Hall–Kier alpha value is -12.6. The highest BCUT2D eigenvalue weighted by atomic mass is 79.9. The molecule has 0 unspecified atom stereocenters. The molecule has 4 fully saturated rings. The number of alkyl carbamates (subject to hydrolysis) is 1. The predicted molar refractivity (Wildman–Crippen MR) is 591 cm³/mol. The van der Waals surface area contributed by atoms with Gasteiger partial charge in [0, 0.05) is 124 Å². The van der Waals surface area contributed by atoms with Crippen molar-refractivity contribution in [1.82, 2.24) is 55.8 Å². The van der Waals surface area contributed by atoms with Crippen molar-refractivity contribution in [3.63, 3.8) is 0 Å². The van der Waals surface area contributed by atoms with E-state index in [0.29, 0.717) is 118 Å². The largest absolute Gasteiger partial charge is 0.488 e. The topological polar surface area (TPSA) is 604 Å². The monoisotopic (exact) mass is 2270 g/mol. The van der Waals surface area contributed by atoms with Gasteiger partial charge in [-0.25, -0.2) is 24.7 Å². The Balaban J connectivity index is 0.000000230. The first kappa shape index (κ1) is 121. The molecule has 6 aromatic carbocycles. The second-order valence-corrected chi connectivity index (χ2v) is 40.6. The first-order chi connectivity index (χ1) is 70.1. The quantitative estimate of drug-likeness (QED) is 0.00759. The molecule has 47 heteroatoms. The number of aromatic nitrogens is 8.